The maximum Gasteiger partial charge on any atom is 0.251 e. The lowest BCUT2D eigenvalue weighted by molar-refractivity contribution is -0.128. The summed E-state index contributed by atoms with van der Waals surface area (Å²) >= 11 is 0. The maximum absolute atomic E-state index is 13.7. The molecule has 1 unspecified atom stereocenters. The van der Waals surface area contributed by atoms with E-state index in [-0.39, 0.29) is 12.4 Å². The second-order valence-corrected chi connectivity index (χ2v) is 9.22. The van der Waals surface area contributed by atoms with Crippen LogP contribution in [0.5, 0.6) is 0 Å². The van der Waals surface area contributed by atoms with E-state index in [0.717, 1.165) is 4.80 Å². The Bertz CT molecular complexity index is 1340. The van der Waals surface area contributed by atoms with Crippen molar-refractivity contribution in [3.8, 4) is 11.6 Å². The van der Waals surface area contributed by atoms with Gasteiger partial charge in [-0.25, -0.2) is 4.39 Å². The van der Waals surface area contributed by atoms with Crippen LogP contribution in [0.1, 0.15) is 38.1 Å². The minimum atomic E-state index is -1.07. The Morgan fingerprint density at radius 2 is 1.78 bits per heavy atom. The first-order chi connectivity index (χ1) is 17.1. The third-order valence-corrected chi connectivity index (χ3v) is 5.09. The number of pyridine rings is 1. The molecule has 0 aliphatic carbocycles. The molecule has 4 rings (SSSR count). The Labute approximate surface area is 207 Å². The van der Waals surface area contributed by atoms with Gasteiger partial charge in [-0.15, -0.1) is 10.2 Å². The zero-order valence-electron chi connectivity index (χ0n) is 20.3. The molecular weight excluding hydrogens is 465 g/mol. The lowest BCUT2D eigenvalue weighted by Crippen LogP contribution is -2.50. The van der Waals surface area contributed by atoms with Gasteiger partial charge in [-0.1, -0.05) is 0 Å². The molecule has 36 heavy (non-hydrogen) atoms. The first kappa shape index (κ1) is 24.7. The predicted octanol–water partition coefficient (Wildman–Crippen LogP) is 3.46. The summed E-state index contributed by atoms with van der Waals surface area (Å²) in [6.07, 6.45) is 3.08. The number of nitrogens with zero attached hydrogens (tertiary/aromatic N) is 6. The van der Waals surface area contributed by atoms with Crippen LogP contribution in [0.15, 0.2) is 65.3 Å². The Balaban J connectivity index is 1.72. The molecule has 1 aromatic carbocycles. The van der Waals surface area contributed by atoms with Gasteiger partial charge in [0.25, 0.3) is 5.91 Å². The van der Waals surface area contributed by atoms with Crippen molar-refractivity contribution in [3.05, 3.63) is 78.1 Å². The van der Waals surface area contributed by atoms with Crippen LogP contribution in [0.3, 0.4) is 0 Å². The SMILES string of the molecule is Cc1ccc(-c2nnn(CC(=O)N(c3ccc(F)cc3)C(C(=O)NC(C)(C)C)c3ccncc3)n2)o1. The Hall–Kier alpha value is -4.41. The zero-order valence-corrected chi connectivity index (χ0v) is 20.3. The van der Waals surface area contributed by atoms with Gasteiger partial charge in [0.2, 0.25) is 11.7 Å². The quantitative estimate of drug-likeness (QED) is 0.420. The zero-order chi connectivity index (χ0) is 25.9. The molecule has 0 saturated carbocycles. The molecule has 10 nitrogen and oxygen atoms in total. The molecule has 4 aromatic rings. The van der Waals surface area contributed by atoms with Crippen LogP contribution in [-0.4, -0.2) is 42.5 Å². The summed E-state index contributed by atoms with van der Waals surface area (Å²) in [7, 11) is 0. The van der Waals surface area contributed by atoms with E-state index in [1.54, 1.807) is 31.2 Å². The van der Waals surface area contributed by atoms with Crippen LogP contribution in [0.4, 0.5) is 10.1 Å². The van der Waals surface area contributed by atoms with Gasteiger partial charge in [-0.2, -0.15) is 4.80 Å². The largest absolute Gasteiger partial charge is 0.458 e. The fourth-order valence-electron chi connectivity index (χ4n) is 3.60. The molecule has 1 N–H and O–H groups in total. The highest BCUT2D eigenvalue weighted by atomic mass is 19.1. The summed E-state index contributed by atoms with van der Waals surface area (Å²) in [5.41, 5.74) is 0.292. The summed E-state index contributed by atoms with van der Waals surface area (Å²) in [6.45, 7) is 7.00. The van der Waals surface area contributed by atoms with Gasteiger partial charge >= 0.3 is 0 Å². The number of tetrazole rings is 1. The topological polar surface area (TPSA) is 119 Å². The molecule has 0 aliphatic rings. The highest BCUT2D eigenvalue weighted by Gasteiger charge is 2.35. The molecular formula is C25H26FN7O3. The number of aromatic nitrogens is 5. The van der Waals surface area contributed by atoms with Crippen molar-refractivity contribution in [2.24, 2.45) is 0 Å². The predicted molar refractivity (Wildman–Crippen MR) is 129 cm³/mol. The molecule has 186 valence electrons. The number of nitrogens with one attached hydrogen (secondary N) is 1. The average Bonchev–Trinajstić information content (AvgIpc) is 3.46. The van der Waals surface area contributed by atoms with Crippen molar-refractivity contribution in [1.29, 1.82) is 0 Å². The van der Waals surface area contributed by atoms with Gasteiger partial charge in [0.05, 0.1) is 0 Å². The van der Waals surface area contributed by atoms with Gasteiger partial charge in [0, 0.05) is 23.6 Å². The van der Waals surface area contributed by atoms with Crippen molar-refractivity contribution in [3.63, 3.8) is 0 Å². The summed E-state index contributed by atoms with van der Waals surface area (Å²) in [5, 5.41) is 15.1. The third-order valence-electron chi connectivity index (χ3n) is 5.09. The summed E-state index contributed by atoms with van der Waals surface area (Å²) in [5.74, 6) is -0.0648. The number of carbonyl (C=O) groups is 2. The Kier molecular flexibility index (Phi) is 6.91. The number of amides is 2. The summed E-state index contributed by atoms with van der Waals surface area (Å²) in [4.78, 5) is 33.7. The summed E-state index contributed by atoms with van der Waals surface area (Å²) in [6, 6.07) is 11.1. The molecule has 0 aliphatic heterocycles. The number of hydrogen-bond acceptors (Lipinski definition) is 7. The smallest absolute Gasteiger partial charge is 0.251 e. The van der Waals surface area contributed by atoms with Gasteiger partial charge < -0.3 is 9.73 Å². The monoisotopic (exact) mass is 491 g/mol. The van der Waals surface area contributed by atoms with E-state index in [1.807, 2.05) is 20.8 Å². The Morgan fingerprint density at radius 3 is 2.39 bits per heavy atom. The van der Waals surface area contributed by atoms with E-state index in [2.05, 4.69) is 25.7 Å². The number of rotatable bonds is 7. The molecule has 2 amide bonds. The highest BCUT2D eigenvalue weighted by Crippen LogP contribution is 2.29. The molecule has 0 bridgehead atoms. The number of furan rings is 1. The minimum Gasteiger partial charge on any atom is -0.458 e. The van der Waals surface area contributed by atoms with E-state index in [9.17, 15) is 14.0 Å². The van der Waals surface area contributed by atoms with Gasteiger partial charge in [-0.05, 0) is 87.0 Å². The average molecular weight is 492 g/mol. The molecule has 3 aromatic heterocycles. The second-order valence-electron chi connectivity index (χ2n) is 9.22. The van der Waals surface area contributed by atoms with Crippen LogP contribution < -0.4 is 10.2 Å². The van der Waals surface area contributed by atoms with Crippen LogP contribution in [0, 0.1) is 12.7 Å². The van der Waals surface area contributed by atoms with Crippen molar-refractivity contribution in [2.45, 2.75) is 45.8 Å². The number of hydrogen-bond donors (Lipinski definition) is 1. The number of halogens is 1. The molecule has 0 fully saturated rings. The van der Waals surface area contributed by atoms with E-state index in [1.165, 1.54) is 41.6 Å². The molecule has 3 heterocycles. The number of benzene rings is 1. The molecule has 0 saturated heterocycles. The number of carbonyl (C=O) groups excluding carboxylic acids is 2. The first-order valence-corrected chi connectivity index (χ1v) is 11.2. The standard InChI is InChI=1S/C25H26FN7O3/c1-16-5-10-20(36-16)23-29-31-32(30-23)15-21(34)33(19-8-6-18(26)7-9-19)22(17-11-13-27-14-12-17)24(35)28-25(2,3)4/h5-14,22H,15H2,1-4H3,(H,28,35). The number of anilines is 1. The van der Waals surface area contributed by atoms with Crippen molar-refractivity contribution >= 4 is 17.5 Å². The highest BCUT2D eigenvalue weighted by molar-refractivity contribution is 6.01. The minimum absolute atomic E-state index is 0.223. The fourth-order valence-corrected chi connectivity index (χ4v) is 3.60. The fraction of sp³-hybridized carbons (Fsp3) is 0.280. The van der Waals surface area contributed by atoms with E-state index in [4.69, 9.17) is 4.42 Å². The molecule has 11 heteroatoms. The lowest BCUT2D eigenvalue weighted by atomic mass is 10.0. The normalized spacial score (nSPS) is 12.2. The number of aryl methyl sites for hydroxylation is 1. The van der Waals surface area contributed by atoms with Crippen LogP contribution in [-0.2, 0) is 16.1 Å². The maximum atomic E-state index is 13.7. The van der Waals surface area contributed by atoms with Crippen LogP contribution in [0.25, 0.3) is 11.6 Å². The van der Waals surface area contributed by atoms with Crippen LogP contribution in [0.2, 0.25) is 0 Å². The first-order valence-electron chi connectivity index (χ1n) is 11.2. The van der Waals surface area contributed by atoms with Gasteiger partial charge in [0.15, 0.2) is 5.76 Å². The van der Waals surface area contributed by atoms with Crippen molar-refractivity contribution in [2.75, 3.05) is 4.90 Å². The van der Waals surface area contributed by atoms with Crippen molar-refractivity contribution in [1.82, 2.24) is 30.5 Å². The van der Waals surface area contributed by atoms with Gasteiger partial charge in [-0.3, -0.25) is 19.5 Å². The van der Waals surface area contributed by atoms with E-state index >= 15 is 0 Å². The van der Waals surface area contributed by atoms with E-state index in [0.29, 0.717) is 22.8 Å². The molecule has 0 spiro atoms. The van der Waals surface area contributed by atoms with Crippen LogP contribution >= 0.6 is 0 Å². The third kappa shape index (κ3) is 5.80. The van der Waals surface area contributed by atoms with Gasteiger partial charge in [0.1, 0.15) is 24.2 Å². The summed E-state index contributed by atoms with van der Waals surface area (Å²) < 4.78 is 19.3. The second kappa shape index (κ2) is 10.1. The van der Waals surface area contributed by atoms with E-state index < -0.39 is 29.2 Å². The van der Waals surface area contributed by atoms with Crippen molar-refractivity contribution < 1.29 is 18.4 Å². The Morgan fingerprint density at radius 1 is 1.08 bits per heavy atom. The molecule has 0 radical (unpaired) electrons. The molecule has 1 atom stereocenters. The lowest BCUT2D eigenvalue weighted by Gasteiger charge is -2.33.